The maximum atomic E-state index is 11.4. The summed E-state index contributed by atoms with van der Waals surface area (Å²) in [5.74, 6) is -0.384. The van der Waals surface area contributed by atoms with Gasteiger partial charge in [0.1, 0.15) is 26.1 Å². The maximum absolute atomic E-state index is 11.4. The van der Waals surface area contributed by atoms with Gasteiger partial charge in [0.05, 0.1) is 26.4 Å². The van der Waals surface area contributed by atoms with Gasteiger partial charge in [-0.3, -0.25) is 9.59 Å². The van der Waals surface area contributed by atoms with Crippen molar-refractivity contribution in [2.75, 3.05) is 59.9 Å². The van der Waals surface area contributed by atoms with Crippen molar-refractivity contribution >= 4 is 18.0 Å². The average Bonchev–Trinajstić information content (AvgIpc) is 2.52. The summed E-state index contributed by atoms with van der Waals surface area (Å²) >= 11 is 0. The first kappa shape index (κ1) is 20.6. The molecule has 0 aromatic carbocycles. The molecular formula is C14H25NO7. The fraction of sp³-hybridized carbons (Fsp3) is 0.786. The van der Waals surface area contributed by atoms with Crippen molar-refractivity contribution in [1.29, 1.82) is 0 Å². The quantitative estimate of drug-likeness (QED) is 0.298. The second-order valence-electron chi connectivity index (χ2n) is 4.29. The van der Waals surface area contributed by atoms with Gasteiger partial charge in [-0.2, -0.15) is 0 Å². The first-order chi connectivity index (χ1) is 10.7. The average molecular weight is 319 g/mol. The van der Waals surface area contributed by atoms with E-state index in [2.05, 4.69) is 5.32 Å². The Balaban J connectivity index is 3.22. The third kappa shape index (κ3) is 15.0. The number of nitrogens with one attached hydrogen (secondary N) is 1. The van der Waals surface area contributed by atoms with Gasteiger partial charge in [-0.05, 0) is 6.42 Å². The third-order valence-electron chi connectivity index (χ3n) is 2.39. The van der Waals surface area contributed by atoms with E-state index in [1.165, 1.54) is 7.05 Å². The van der Waals surface area contributed by atoms with Crippen LogP contribution < -0.4 is 5.32 Å². The first-order valence-corrected chi connectivity index (χ1v) is 7.17. The summed E-state index contributed by atoms with van der Waals surface area (Å²) in [6.45, 7) is 1.60. The Hall–Kier alpha value is -1.35. The predicted molar refractivity (Wildman–Crippen MR) is 77.6 cm³/mol. The number of amides is 1. The standard InChI is InChI=1S/C14H25NO7/c1-15-14(18)12-22-9-8-21-11-13(17)10-20-7-6-19-5-3-2-4-16/h4H,2-3,5-12H2,1H3,(H,15,18). The van der Waals surface area contributed by atoms with E-state index >= 15 is 0 Å². The van der Waals surface area contributed by atoms with Crippen LogP contribution in [0.25, 0.3) is 0 Å². The number of rotatable bonds is 16. The second-order valence-corrected chi connectivity index (χ2v) is 4.29. The fourth-order valence-electron chi connectivity index (χ4n) is 1.26. The van der Waals surface area contributed by atoms with Crippen LogP contribution in [0.1, 0.15) is 12.8 Å². The van der Waals surface area contributed by atoms with E-state index in [1.54, 1.807) is 0 Å². The lowest BCUT2D eigenvalue weighted by atomic mass is 10.3. The van der Waals surface area contributed by atoms with Crippen LogP contribution in [0.5, 0.6) is 0 Å². The number of hydrogen-bond donors (Lipinski definition) is 1. The zero-order valence-electron chi connectivity index (χ0n) is 13.0. The summed E-state index contributed by atoms with van der Waals surface area (Å²) in [6, 6.07) is 0. The van der Waals surface area contributed by atoms with Gasteiger partial charge in [0.15, 0.2) is 5.78 Å². The lowest BCUT2D eigenvalue weighted by Gasteiger charge is -2.06. The molecule has 0 fully saturated rings. The number of Topliss-reactive ketones (excluding diaryl/α,β-unsaturated/α-hetero) is 1. The summed E-state index contributed by atoms with van der Waals surface area (Å²) in [7, 11) is 1.52. The molecule has 0 bridgehead atoms. The summed E-state index contributed by atoms with van der Waals surface area (Å²) in [6.07, 6.45) is 2.03. The number of carbonyl (C=O) groups excluding carboxylic acids is 3. The zero-order valence-corrected chi connectivity index (χ0v) is 13.0. The highest BCUT2D eigenvalue weighted by Gasteiger charge is 2.03. The number of ketones is 1. The molecule has 0 radical (unpaired) electrons. The molecule has 128 valence electrons. The van der Waals surface area contributed by atoms with Crippen molar-refractivity contribution < 1.29 is 33.3 Å². The Kier molecular flexibility index (Phi) is 15.0. The number of aldehydes is 1. The lowest BCUT2D eigenvalue weighted by Crippen LogP contribution is -2.24. The maximum Gasteiger partial charge on any atom is 0.245 e. The molecule has 0 heterocycles. The van der Waals surface area contributed by atoms with Crippen LogP contribution in [0.4, 0.5) is 0 Å². The number of unbranched alkanes of at least 4 members (excludes halogenated alkanes) is 1. The molecule has 22 heavy (non-hydrogen) atoms. The third-order valence-corrected chi connectivity index (χ3v) is 2.39. The highest BCUT2D eigenvalue weighted by atomic mass is 16.5. The summed E-state index contributed by atoms with van der Waals surface area (Å²) in [4.78, 5) is 32.2. The molecule has 0 saturated carbocycles. The van der Waals surface area contributed by atoms with Crippen molar-refractivity contribution in [2.24, 2.45) is 0 Å². The SMILES string of the molecule is CNC(=O)COCCOCC(=O)COCCOCCCC=O. The number of carbonyl (C=O) groups is 3. The minimum absolute atomic E-state index is 0.0240. The minimum atomic E-state index is -0.210. The van der Waals surface area contributed by atoms with Gasteiger partial charge in [-0.1, -0.05) is 0 Å². The van der Waals surface area contributed by atoms with E-state index < -0.39 is 0 Å². The van der Waals surface area contributed by atoms with Gasteiger partial charge in [-0.25, -0.2) is 0 Å². The van der Waals surface area contributed by atoms with Crippen molar-refractivity contribution in [3.8, 4) is 0 Å². The largest absolute Gasteiger partial charge is 0.379 e. The Morgan fingerprint density at radius 2 is 1.41 bits per heavy atom. The molecule has 0 unspecified atom stereocenters. The fourth-order valence-corrected chi connectivity index (χ4v) is 1.26. The van der Waals surface area contributed by atoms with Crippen LogP contribution >= 0.6 is 0 Å². The molecule has 0 aromatic rings. The molecule has 0 rings (SSSR count). The van der Waals surface area contributed by atoms with Crippen LogP contribution in [0.3, 0.4) is 0 Å². The zero-order chi connectivity index (χ0) is 16.5. The van der Waals surface area contributed by atoms with Crippen molar-refractivity contribution in [3.05, 3.63) is 0 Å². The predicted octanol–water partition coefficient (Wildman–Crippen LogP) is -0.653. The van der Waals surface area contributed by atoms with E-state index in [4.69, 9.17) is 18.9 Å². The normalized spacial score (nSPS) is 10.4. The molecule has 0 aliphatic heterocycles. The van der Waals surface area contributed by atoms with Crippen LogP contribution in [-0.4, -0.2) is 77.9 Å². The molecule has 8 heteroatoms. The van der Waals surface area contributed by atoms with Crippen molar-refractivity contribution in [1.82, 2.24) is 5.32 Å². The molecule has 0 aliphatic carbocycles. The van der Waals surface area contributed by atoms with Gasteiger partial charge in [0.2, 0.25) is 5.91 Å². The van der Waals surface area contributed by atoms with Gasteiger partial charge < -0.3 is 29.1 Å². The molecule has 0 spiro atoms. The Labute approximate surface area is 130 Å². The van der Waals surface area contributed by atoms with Crippen molar-refractivity contribution in [3.63, 3.8) is 0 Å². The molecule has 1 N–H and O–H groups in total. The molecule has 0 aromatic heterocycles. The Morgan fingerprint density at radius 3 is 1.95 bits per heavy atom. The topological polar surface area (TPSA) is 100 Å². The number of ether oxygens (including phenoxy) is 4. The van der Waals surface area contributed by atoms with Crippen LogP contribution in [0, 0.1) is 0 Å². The minimum Gasteiger partial charge on any atom is -0.379 e. The van der Waals surface area contributed by atoms with E-state index in [9.17, 15) is 14.4 Å². The van der Waals surface area contributed by atoms with E-state index in [-0.39, 0.29) is 44.7 Å². The molecule has 1 amide bonds. The van der Waals surface area contributed by atoms with Crippen LogP contribution in [0.15, 0.2) is 0 Å². The van der Waals surface area contributed by atoms with Gasteiger partial charge in [-0.15, -0.1) is 0 Å². The van der Waals surface area contributed by atoms with Crippen LogP contribution in [-0.2, 0) is 33.3 Å². The highest BCUT2D eigenvalue weighted by molar-refractivity contribution is 5.80. The molecule has 0 atom stereocenters. The molecule has 0 saturated heterocycles. The van der Waals surface area contributed by atoms with E-state index in [0.29, 0.717) is 32.7 Å². The first-order valence-electron chi connectivity index (χ1n) is 7.17. The second kappa shape index (κ2) is 16.0. The Bertz CT molecular complexity index is 310. The van der Waals surface area contributed by atoms with E-state index in [0.717, 1.165) is 6.29 Å². The van der Waals surface area contributed by atoms with Gasteiger partial charge in [0.25, 0.3) is 0 Å². The smallest absolute Gasteiger partial charge is 0.245 e. The molecular weight excluding hydrogens is 294 g/mol. The molecule has 0 aliphatic rings. The highest BCUT2D eigenvalue weighted by Crippen LogP contribution is 1.88. The summed E-state index contributed by atoms with van der Waals surface area (Å²) in [5, 5.41) is 2.42. The Morgan fingerprint density at radius 1 is 0.864 bits per heavy atom. The lowest BCUT2D eigenvalue weighted by molar-refractivity contribution is -0.130. The van der Waals surface area contributed by atoms with E-state index in [1.807, 2.05) is 0 Å². The monoisotopic (exact) mass is 319 g/mol. The number of hydrogen-bond acceptors (Lipinski definition) is 7. The summed E-state index contributed by atoms with van der Waals surface area (Å²) in [5.41, 5.74) is 0. The van der Waals surface area contributed by atoms with Gasteiger partial charge >= 0.3 is 0 Å². The summed E-state index contributed by atoms with van der Waals surface area (Å²) < 4.78 is 20.4. The van der Waals surface area contributed by atoms with Crippen LogP contribution in [0.2, 0.25) is 0 Å². The number of likely N-dealkylation sites (N-methyl/N-ethyl adjacent to an activating group) is 1. The van der Waals surface area contributed by atoms with Crippen molar-refractivity contribution in [2.45, 2.75) is 12.8 Å². The molecule has 8 nitrogen and oxygen atoms in total. The van der Waals surface area contributed by atoms with Gasteiger partial charge in [0, 0.05) is 20.1 Å².